The molecule has 0 radical (unpaired) electrons. The maximum absolute atomic E-state index is 11.1. The molecule has 0 saturated carbocycles. The van der Waals surface area contributed by atoms with E-state index in [1.165, 1.54) is 30.4 Å². The molecule has 3 rings (SSSR count). The van der Waals surface area contributed by atoms with Gasteiger partial charge >= 0.3 is 0 Å². The highest BCUT2D eigenvalue weighted by Crippen LogP contribution is 2.26. The first kappa shape index (κ1) is 14.0. The lowest BCUT2D eigenvalue weighted by Crippen LogP contribution is -2.11. The highest BCUT2D eigenvalue weighted by molar-refractivity contribution is 6.31. The number of anilines is 1. The Morgan fingerprint density at radius 1 is 1.14 bits per heavy atom. The lowest BCUT2D eigenvalue weighted by Gasteiger charge is -2.10. The Morgan fingerprint density at radius 2 is 1.95 bits per heavy atom. The number of benzene rings is 2. The molecule has 2 aromatic carbocycles. The van der Waals surface area contributed by atoms with Gasteiger partial charge in [0.2, 0.25) is 5.91 Å². The van der Waals surface area contributed by atoms with Crippen LogP contribution in [-0.4, -0.2) is 5.91 Å². The number of amides is 1. The van der Waals surface area contributed by atoms with Gasteiger partial charge in [-0.3, -0.25) is 4.79 Å². The second kappa shape index (κ2) is 5.78. The van der Waals surface area contributed by atoms with E-state index in [1.807, 2.05) is 6.07 Å². The number of nitrogens with two attached hydrogens (primary N) is 1. The summed E-state index contributed by atoms with van der Waals surface area (Å²) in [5.74, 6) is -0.463. The van der Waals surface area contributed by atoms with Crippen molar-refractivity contribution in [1.82, 2.24) is 0 Å². The van der Waals surface area contributed by atoms with E-state index >= 15 is 0 Å². The first-order chi connectivity index (χ1) is 10.1. The van der Waals surface area contributed by atoms with Crippen molar-refractivity contribution in [1.29, 1.82) is 0 Å². The zero-order valence-electron chi connectivity index (χ0n) is 11.7. The van der Waals surface area contributed by atoms with Crippen LogP contribution in [0.2, 0.25) is 5.02 Å². The summed E-state index contributed by atoms with van der Waals surface area (Å²) in [4.78, 5) is 11.1. The van der Waals surface area contributed by atoms with E-state index < -0.39 is 5.91 Å². The van der Waals surface area contributed by atoms with E-state index in [4.69, 9.17) is 17.3 Å². The van der Waals surface area contributed by atoms with E-state index in [2.05, 4.69) is 23.5 Å². The fourth-order valence-corrected chi connectivity index (χ4v) is 2.97. The molecule has 108 valence electrons. The standard InChI is InChI=1S/C17H17ClN2O/c18-16-9-13(17(19)21)4-5-14(16)10-20-15-7-6-11-2-1-3-12(11)8-15/h4-9,20H,1-3,10H2,(H2,19,21). The number of primary amides is 1. The van der Waals surface area contributed by atoms with Crippen molar-refractivity contribution in [2.75, 3.05) is 5.32 Å². The van der Waals surface area contributed by atoms with Gasteiger partial charge in [0, 0.05) is 22.8 Å². The van der Waals surface area contributed by atoms with Crippen LogP contribution in [0.15, 0.2) is 36.4 Å². The molecular weight excluding hydrogens is 284 g/mol. The van der Waals surface area contributed by atoms with Gasteiger partial charge < -0.3 is 11.1 Å². The average molecular weight is 301 g/mol. The van der Waals surface area contributed by atoms with Crippen LogP contribution in [0, 0.1) is 0 Å². The Labute approximate surface area is 129 Å². The normalized spacial score (nSPS) is 13.0. The summed E-state index contributed by atoms with van der Waals surface area (Å²) in [6, 6.07) is 11.7. The first-order valence-electron chi connectivity index (χ1n) is 7.07. The number of aryl methyl sites for hydroxylation is 2. The van der Waals surface area contributed by atoms with Gasteiger partial charge in [-0.2, -0.15) is 0 Å². The third-order valence-electron chi connectivity index (χ3n) is 3.92. The van der Waals surface area contributed by atoms with Crippen LogP contribution in [0.1, 0.15) is 33.5 Å². The Kier molecular flexibility index (Phi) is 3.84. The molecule has 0 saturated heterocycles. The highest BCUT2D eigenvalue weighted by atomic mass is 35.5. The minimum absolute atomic E-state index is 0.432. The lowest BCUT2D eigenvalue weighted by molar-refractivity contribution is 0.100. The van der Waals surface area contributed by atoms with Gasteiger partial charge in [0.1, 0.15) is 0 Å². The Bertz CT molecular complexity index is 697. The minimum Gasteiger partial charge on any atom is -0.381 e. The zero-order valence-corrected chi connectivity index (χ0v) is 12.4. The topological polar surface area (TPSA) is 55.1 Å². The van der Waals surface area contributed by atoms with Crippen molar-refractivity contribution < 1.29 is 4.79 Å². The predicted molar refractivity (Wildman–Crippen MR) is 85.8 cm³/mol. The zero-order chi connectivity index (χ0) is 14.8. The monoisotopic (exact) mass is 300 g/mol. The Balaban J connectivity index is 1.71. The summed E-state index contributed by atoms with van der Waals surface area (Å²) in [6.45, 7) is 0.622. The lowest BCUT2D eigenvalue weighted by atomic mass is 10.1. The van der Waals surface area contributed by atoms with Crippen molar-refractivity contribution in [2.45, 2.75) is 25.8 Å². The summed E-state index contributed by atoms with van der Waals surface area (Å²) in [7, 11) is 0. The molecule has 0 atom stereocenters. The SMILES string of the molecule is NC(=O)c1ccc(CNc2ccc3c(c2)CCC3)c(Cl)c1. The summed E-state index contributed by atoms with van der Waals surface area (Å²) in [6.07, 6.45) is 3.61. The van der Waals surface area contributed by atoms with E-state index in [0.717, 1.165) is 11.3 Å². The molecule has 0 fully saturated rings. The fourth-order valence-electron chi connectivity index (χ4n) is 2.72. The van der Waals surface area contributed by atoms with Crippen LogP contribution in [0.3, 0.4) is 0 Å². The van der Waals surface area contributed by atoms with E-state index in [9.17, 15) is 4.79 Å². The van der Waals surface area contributed by atoms with Crippen LogP contribution < -0.4 is 11.1 Å². The smallest absolute Gasteiger partial charge is 0.248 e. The van der Waals surface area contributed by atoms with Gasteiger partial charge in [0.05, 0.1) is 0 Å². The molecule has 0 bridgehead atoms. The number of hydrogen-bond acceptors (Lipinski definition) is 2. The number of fused-ring (bicyclic) bond motifs is 1. The second-order valence-electron chi connectivity index (χ2n) is 5.36. The van der Waals surface area contributed by atoms with Gasteiger partial charge in [0.15, 0.2) is 0 Å². The molecule has 2 aromatic rings. The number of halogens is 1. The van der Waals surface area contributed by atoms with Crippen molar-refractivity contribution in [3.63, 3.8) is 0 Å². The van der Waals surface area contributed by atoms with Crippen molar-refractivity contribution in [3.05, 3.63) is 63.7 Å². The van der Waals surface area contributed by atoms with Gasteiger partial charge in [-0.15, -0.1) is 0 Å². The van der Waals surface area contributed by atoms with Gasteiger partial charge in [-0.1, -0.05) is 23.7 Å². The Hall–Kier alpha value is -2.00. The number of carbonyl (C=O) groups is 1. The summed E-state index contributed by atoms with van der Waals surface area (Å²) in [5.41, 5.74) is 10.6. The number of carbonyl (C=O) groups excluding carboxylic acids is 1. The molecule has 1 amide bonds. The Morgan fingerprint density at radius 3 is 2.71 bits per heavy atom. The maximum atomic E-state index is 11.1. The third kappa shape index (κ3) is 3.03. The molecule has 0 unspecified atom stereocenters. The molecular formula is C17H17ClN2O. The maximum Gasteiger partial charge on any atom is 0.248 e. The van der Waals surface area contributed by atoms with Crippen molar-refractivity contribution in [2.24, 2.45) is 5.73 Å². The summed E-state index contributed by atoms with van der Waals surface area (Å²) < 4.78 is 0. The van der Waals surface area contributed by atoms with Crippen LogP contribution >= 0.6 is 11.6 Å². The molecule has 0 heterocycles. The largest absolute Gasteiger partial charge is 0.381 e. The molecule has 3 N–H and O–H groups in total. The highest BCUT2D eigenvalue weighted by Gasteiger charge is 2.11. The quantitative estimate of drug-likeness (QED) is 0.907. The van der Waals surface area contributed by atoms with Crippen molar-refractivity contribution in [3.8, 4) is 0 Å². The molecule has 1 aliphatic carbocycles. The third-order valence-corrected chi connectivity index (χ3v) is 4.27. The van der Waals surface area contributed by atoms with Crippen LogP contribution in [-0.2, 0) is 19.4 Å². The number of nitrogens with one attached hydrogen (secondary N) is 1. The summed E-state index contributed by atoms with van der Waals surface area (Å²) in [5, 5.41) is 3.94. The minimum atomic E-state index is -0.463. The van der Waals surface area contributed by atoms with E-state index in [0.29, 0.717) is 17.1 Å². The van der Waals surface area contributed by atoms with Crippen molar-refractivity contribution >= 4 is 23.2 Å². The summed E-state index contributed by atoms with van der Waals surface area (Å²) >= 11 is 6.19. The molecule has 4 heteroatoms. The van der Waals surface area contributed by atoms with Gasteiger partial charge in [-0.05, 0) is 60.2 Å². The van der Waals surface area contributed by atoms with Gasteiger partial charge in [0.25, 0.3) is 0 Å². The predicted octanol–water partition coefficient (Wildman–Crippen LogP) is 3.54. The molecule has 3 nitrogen and oxygen atoms in total. The van der Waals surface area contributed by atoms with E-state index in [1.54, 1.807) is 12.1 Å². The molecule has 0 aromatic heterocycles. The number of hydrogen-bond donors (Lipinski definition) is 2. The fraction of sp³-hybridized carbons (Fsp3) is 0.235. The molecule has 1 aliphatic rings. The molecule has 0 spiro atoms. The van der Waals surface area contributed by atoms with E-state index in [-0.39, 0.29) is 0 Å². The second-order valence-corrected chi connectivity index (χ2v) is 5.77. The van der Waals surface area contributed by atoms with Crippen LogP contribution in [0.4, 0.5) is 5.69 Å². The molecule has 0 aliphatic heterocycles. The average Bonchev–Trinajstić information content (AvgIpc) is 2.93. The van der Waals surface area contributed by atoms with Crippen LogP contribution in [0.5, 0.6) is 0 Å². The molecule has 21 heavy (non-hydrogen) atoms. The van der Waals surface area contributed by atoms with Gasteiger partial charge in [-0.25, -0.2) is 0 Å². The first-order valence-corrected chi connectivity index (χ1v) is 7.45. The number of rotatable bonds is 4. The van der Waals surface area contributed by atoms with Crippen LogP contribution in [0.25, 0.3) is 0 Å².